The van der Waals surface area contributed by atoms with Crippen molar-refractivity contribution in [3.8, 4) is 11.5 Å². The van der Waals surface area contributed by atoms with Gasteiger partial charge in [-0.15, -0.1) is 0 Å². The van der Waals surface area contributed by atoms with Crippen LogP contribution in [-0.4, -0.2) is 47.1 Å². The molecule has 11 nitrogen and oxygen atoms in total. The lowest BCUT2D eigenvalue weighted by Gasteiger charge is -2.20. The summed E-state index contributed by atoms with van der Waals surface area (Å²) in [6.07, 6.45) is 1.30. The van der Waals surface area contributed by atoms with Crippen molar-refractivity contribution >= 4 is 44.7 Å². The molecule has 0 aliphatic rings. The van der Waals surface area contributed by atoms with Crippen LogP contribution in [0.5, 0.6) is 11.5 Å². The van der Waals surface area contributed by atoms with Gasteiger partial charge in [0.25, 0.3) is 5.56 Å². The van der Waals surface area contributed by atoms with Crippen molar-refractivity contribution in [3.63, 3.8) is 0 Å². The summed E-state index contributed by atoms with van der Waals surface area (Å²) in [5, 5.41) is 16.4. The van der Waals surface area contributed by atoms with Crippen LogP contribution in [0.25, 0.3) is 10.9 Å². The second kappa shape index (κ2) is 10.9. The molecule has 0 fully saturated rings. The second-order valence-corrected chi connectivity index (χ2v) is 9.55. The summed E-state index contributed by atoms with van der Waals surface area (Å²) < 4.78 is 17.3. The zero-order valence-corrected chi connectivity index (χ0v) is 22.0. The number of hydrogen-bond acceptors (Lipinski definition) is 9. The summed E-state index contributed by atoms with van der Waals surface area (Å²) >= 11 is 3.37. The van der Waals surface area contributed by atoms with Crippen LogP contribution in [0.3, 0.4) is 0 Å². The number of rotatable bonds is 8. The van der Waals surface area contributed by atoms with Crippen molar-refractivity contribution in [2.45, 2.75) is 33.1 Å². The second-order valence-electron chi connectivity index (χ2n) is 8.63. The minimum absolute atomic E-state index is 0.0129. The molecule has 1 aromatic heterocycles. The van der Waals surface area contributed by atoms with E-state index in [1.165, 1.54) is 30.1 Å². The van der Waals surface area contributed by atoms with E-state index in [0.29, 0.717) is 21.2 Å². The van der Waals surface area contributed by atoms with Crippen LogP contribution in [0.2, 0.25) is 0 Å². The van der Waals surface area contributed by atoms with Gasteiger partial charge in [0, 0.05) is 21.5 Å². The molecule has 0 N–H and O–H groups in total. The van der Waals surface area contributed by atoms with Gasteiger partial charge < -0.3 is 14.2 Å². The lowest BCUT2D eigenvalue weighted by Crippen LogP contribution is -2.29. The summed E-state index contributed by atoms with van der Waals surface area (Å²) in [6, 6.07) is 7.86. The monoisotopic (exact) mass is 560 g/mol. The number of nitro benzene ring substituents is 1. The summed E-state index contributed by atoms with van der Waals surface area (Å²) in [7, 11) is 1.31. The maximum Gasteiger partial charge on any atom is 0.344 e. The largest absolute Gasteiger partial charge is 0.493 e. The Hall–Kier alpha value is -3.80. The summed E-state index contributed by atoms with van der Waals surface area (Å²) in [5.41, 5.74) is -0.572. The van der Waals surface area contributed by atoms with Crippen LogP contribution in [0.15, 0.2) is 44.7 Å². The highest BCUT2D eigenvalue weighted by molar-refractivity contribution is 9.10. The number of carbonyl (C=O) groups is 1. The van der Waals surface area contributed by atoms with Crippen LogP contribution in [0.1, 0.15) is 39.1 Å². The molecule has 3 rings (SSSR count). The first-order valence-electron chi connectivity index (χ1n) is 10.9. The Bertz CT molecular complexity index is 1410. The van der Waals surface area contributed by atoms with E-state index in [1.807, 2.05) is 20.8 Å². The minimum Gasteiger partial charge on any atom is -0.493 e. The van der Waals surface area contributed by atoms with Gasteiger partial charge >= 0.3 is 11.7 Å². The van der Waals surface area contributed by atoms with E-state index < -0.39 is 34.2 Å². The SMILES string of the molecule is CCOC(=O)COc1c(OC)cc(C=Nn2c(C(C)(C)C)nc3ccc(Br)cc3c2=O)cc1[N+](=O)[O-]. The fraction of sp³-hybridized carbons (Fsp3) is 0.333. The maximum atomic E-state index is 13.3. The minimum atomic E-state index is -0.677. The first kappa shape index (κ1) is 26.8. The predicted octanol–water partition coefficient (Wildman–Crippen LogP) is 4.20. The maximum absolute atomic E-state index is 13.3. The molecule has 0 aliphatic carbocycles. The van der Waals surface area contributed by atoms with E-state index in [0.717, 1.165) is 0 Å². The molecule has 0 amide bonds. The molecule has 1 heterocycles. The number of nitro groups is 1. The number of halogens is 1. The molecule has 0 saturated carbocycles. The van der Waals surface area contributed by atoms with Gasteiger partial charge in [0.15, 0.2) is 12.4 Å². The van der Waals surface area contributed by atoms with Gasteiger partial charge in [-0.3, -0.25) is 14.9 Å². The van der Waals surface area contributed by atoms with Gasteiger partial charge in [-0.05, 0) is 31.2 Å². The molecule has 2 aromatic carbocycles. The molecule has 0 unspecified atom stereocenters. The van der Waals surface area contributed by atoms with Crippen molar-refractivity contribution in [2.75, 3.05) is 20.3 Å². The number of ether oxygens (including phenoxy) is 3. The number of carbonyl (C=O) groups excluding carboxylic acids is 1. The third-order valence-corrected chi connectivity index (χ3v) is 5.41. The fourth-order valence-corrected chi connectivity index (χ4v) is 3.68. The third-order valence-electron chi connectivity index (χ3n) is 4.92. The molecule has 12 heteroatoms. The number of aromatic nitrogens is 2. The lowest BCUT2D eigenvalue weighted by molar-refractivity contribution is -0.385. The molecule has 36 heavy (non-hydrogen) atoms. The number of esters is 1. The molecule has 0 bridgehead atoms. The van der Waals surface area contributed by atoms with Gasteiger partial charge in [0.1, 0.15) is 5.82 Å². The van der Waals surface area contributed by atoms with E-state index in [1.54, 1.807) is 25.1 Å². The van der Waals surface area contributed by atoms with Crippen molar-refractivity contribution in [1.82, 2.24) is 9.66 Å². The van der Waals surface area contributed by atoms with E-state index in [2.05, 4.69) is 26.0 Å². The van der Waals surface area contributed by atoms with Gasteiger partial charge in [-0.2, -0.15) is 9.78 Å². The Labute approximate surface area is 215 Å². The van der Waals surface area contributed by atoms with Gasteiger partial charge in [-0.1, -0.05) is 36.7 Å². The average Bonchev–Trinajstić information content (AvgIpc) is 2.81. The Morgan fingerprint density at radius 2 is 2.00 bits per heavy atom. The molecule has 3 aromatic rings. The zero-order valence-electron chi connectivity index (χ0n) is 20.4. The first-order chi connectivity index (χ1) is 17.0. The standard InChI is InChI=1S/C24H25BrN4O7/c1-6-35-20(30)13-36-21-18(29(32)33)9-14(10-19(21)34-5)12-26-28-22(31)16-11-15(25)7-8-17(16)27-23(28)24(2,3)4/h7-12H,6,13H2,1-5H3. The van der Waals surface area contributed by atoms with Crippen LogP contribution in [0, 0.1) is 10.1 Å². The highest BCUT2D eigenvalue weighted by atomic mass is 79.9. The lowest BCUT2D eigenvalue weighted by atomic mass is 9.95. The quantitative estimate of drug-likeness (QED) is 0.173. The smallest absolute Gasteiger partial charge is 0.344 e. The van der Waals surface area contributed by atoms with Gasteiger partial charge in [0.05, 0.1) is 35.8 Å². The van der Waals surface area contributed by atoms with Gasteiger partial charge in [-0.25, -0.2) is 9.78 Å². The van der Waals surface area contributed by atoms with E-state index in [-0.39, 0.29) is 23.7 Å². The van der Waals surface area contributed by atoms with E-state index in [4.69, 9.17) is 14.2 Å². The highest BCUT2D eigenvalue weighted by Crippen LogP contribution is 2.38. The summed E-state index contributed by atoms with van der Waals surface area (Å²) in [4.78, 5) is 40.7. The molecule has 0 spiro atoms. The normalized spacial score (nSPS) is 11.6. The van der Waals surface area contributed by atoms with Gasteiger partial charge in [0.2, 0.25) is 5.75 Å². The topological polar surface area (TPSA) is 135 Å². The number of fused-ring (bicyclic) bond motifs is 1. The van der Waals surface area contributed by atoms with Crippen LogP contribution >= 0.6 is 15.9 Å². The van der Waals surface area contributed by atoms with Crippen molar-refractivity contribution in [2.24, 2.45) is 5.10 Å². The predicted molar refractivity (Wildman–Crippen MR) is 137 cm³/mol. The van der Waals surface area contributed by atoms with Crippen molar-refractivity contribution in [1.29, 1.82) is 0 Å². The molecule has 0 aliphatic heterocycles. The molecule has 0 radical (unpaired) electrons. The third kappa shape index (κ3) is 5.88. The molecule has 190 valence electrons. The Morgan fingerprint density at radius 1 is 1.28 bits per heavy atom. The number of benzene rings is 2. The zero-order chi connectivity index (χ0) is 26.6. The number of methoxy groups -OCH3 is 1. The Balaban J connectivity index is 2.12. The first-order valence-corrected chi connectivity index (χ1v) is 11.7. The van der Waals surface area contributed by atoms with Crippen LogP contribution in [0.4, 0.5) is 5.69 Å². The van der Waals surface area contributed by atoms with E-state index >= 15 is 0 Å². The fourth-order valence-electron chi connectivity index (χ4n) is 3.31. The van der Waals surface area contributed by atoms with Crippen LogP contribution < -0.4 is 15.0 Å². The highest BCUT2D eigenvalue weighted by Gasteiger charge is 2.25. The summed E-state index contributed by atoms with van der Waals surface area (Å²) in [6.45, 7) is 6.95. The number of nitrogens with zero attached hydrogens (tertiary/aromatic N) is 4. The molecule has 0 atom stereocenters. The van der Waals surface area contributed by atoms with Crippen LogP contribution in [-0.2, 0) is 14.9 Å². The average molecular weight is 561 g/mol. The van der Waals surface area contributed by atoms with Crippen molar-refractivity contribution in [3.05, 3.63) is 66.7 Å². The van der Waals surface area contributed by atoms with Crippen molar-refractivity contribution < 1.29 is 23.9 Å². The molecular formula is C24H25BrN4O7. The molecular weight excluding hydrogens is 536 g/mol. The Kier molecular flexibility index (Phi) is 8.08. The Morgan fingerprint density at radius 3 is 2.61 bits per heavy atom. The summed E-state index contributed by atoms with van der Waals surface area (Å²) in [5.74, 6) is -0.477. The molecule has 0 saturated heterocycles. The van der Waals surface area contributed by atoms with E-state index in [9.17, 15) is 19.7 Å². The number of hydrogen-bond donors (Lipinski definition) is 0.